The van der Waals surface area contributed by atoms with E-state index in [1.54, 1.807) is 6.92 Å². The molecule has 0 aliphatic heterocycles. The Bertz CT molecular complexity index is 451. The maximum absolute atomic E-state index is 11.0. The van der Waals surface area contributed by atoms with Crippen LogP contribution in [0.5, 0.6) is 0 Å². The Hall–Kier alpha value is -1.48. The molecular formula is C6H9N3O5S. The molecule has 0 spiro atoms. The van der Waals surface area contributed by atoms with E-state index in [1.807, 2.05) is 4.72 Å². The Morgan fingerprint density at radius 2 is 2.27 bits per heavy atom. The van der Waals surface area contributed by atoms with Gasteiger partial charge in [-0.15, -0.1) is 0 Å². The van der Waals surface area contributed by atoms with Crippen molar-refractivity contribution in [3.8, 4) is 0 Å². The van der Waals surface area contributed by atoms with Crippen LogP contribution in [-0.2, 0) is 21.4 Å². The fourth-order valence-electron chi connectivity index (χ4n) is 0.801. The minimum Gasteiger partial charge on any atom is -0.480 e. The lowest BCUT2D eigenvalue weighted by Crippen LogP contribution is -2.29. The molecule has 1 heterocycles. The van der Waals surface area contributed by atoms with Crippen LogP contribution in [0.2, 0.25) is 0 Å². The molecule has 0 unspecified atom stereocenters. The molecule has 0 atom stereocenters. The van der Waals surface area contributed by atoms with Crippen LogP contribution in [0, 0.1) is 6.92 Å². The molecule has 8 nitrogen and oxygen atoms in total. The third-order valence-corrected chi connectivity index (χ3v) is 2.54. The molecule has 0 aliphatic rings. The topological polar surface area (TPSA) is 122 Å². The first kappa shape index (κ1) is 11.6. The van der Waals surface area contributed by atoms with E-state index >= 15 is 0 Å². The minimum absolute atomic E-state index is 0.154. The number of rotatable bonds is 5. The highest BCUT2D eigenvalue weighted by Crippen LogP contribution is 1.95. The number of hydrogen-bond acceptors (Lipinski definition) is 6. The number of nitrogens with one attached hydrogen (secondary N) is 1. The zero-order valence-electron chi connectivity index (χ0n) is 7.80. The molecule has 1 aromatic rings. The van der Waals surface area contributed by atoms with Crippen molar-refractivity contribution in [2.45, 2.75) is 13.5 Å². The quantitative estimate of drug-likeness (QED) is 0.662. The lowest BCUT2D eigenvalue weighted by Gasteiger charge is -2.00. The molecule has 0 amide bonds. The van der Waals surface area contributed by atoms with Crippen molar-refractivity contribution in [3.63, 3.8) is 0 Å². The van der Waals surface area contributed by atoms with E-state index < -0.39 is 21.7 Å². The number of aromatic nitrogens is 2. The number of nitrogens with zero attached hydrogens (tertiary/aromatic N) is 2. The molecule has 0 fully saturated rings. The van der Waals surface area contributed by atoms with E-state index in [0.29, 0.717) is 5.89 Å². The van der Waals surface area contributed by atoms with Crippen LogP contribution in [0.15, 0.2) is 4.52 Å². The number of carbonyl (C=O) groups is 1. The molecule has 2 N–H and O–H groups in total. The summed E-state index contributed by atoms with van der Waals surface area (Å²) in [4.78, 5) is 13.9. The Labute approximate surface area is 85.3 Å². The summed E-state index contributed by atoms with van der Waals surface area (Å²) in [5, 5.41) is 11.7. The molecule has 0 radical (unpaired) electrons. The molecule has 0 saturated carbocycles. The van der Waals surface area contributed by atoms with Crippen molar-refractivity contribution in [1.29, 1.82) is 0 Å². The highest BCUT2D eigenvalue weighted by Gasteiger charge is 2.16. The smallest absolute Gasteiger partial charge is 0.320 e. The van der Waals surface area contributed by atoms with Crippen molar-refractivity contribution in [2.24, 2.45) is 0 Å². The second-order valence-corrected chi connectivity index (χ2v) is 4.51. The van der Waals surface area contributed by atoms with Crippen LogP contribution in [0.3, 0.4) is 0 Å². The largest absolute Gasteiger partial charge is 0.480 e. The van der Waals surface area contributed by atoms with Gasteiger partial charge in [-0.25, -0.2) is 13.1 Å². The first-order valence-corrected chi connectivity index (χ1v) is 5.52. The second kappa shape index (κ2) is 4.36. The Morgan fingerprint density at radius 3 is 2.73 bits per heavy atom. The van der Waals surface area contributed by atoms with Crippen molar-refractivity contribution < 1.29 is 22.8 Å². The van der Waals surface area contributed by atoms with Gasteiger partial charge in [0.15, 0.2) is 11.6 Å². The van der Waals surface area contributed by atoms with E-state index in [-0.39, 0.29) is 12.4 Å². The lowest BCUT2D eigenvalue weighted by atomic mass is 10.6. The van der Waals surface area contributed by atoms with Gasteiger partial charge in [-0.3, -0.25) is 4.79 Å². The van der Waals surface area contributed by atoms with Crippen molar-refractivity contribution in [2.75, 3.05) is 5.75 Å². The summed E-state index contributed by atoms with van der Waals surface area (Å²) in [6, 6.07) is 0. The number of aliphatic carboxylic acids is 1. The van der Waals surface area contributed by atoms with Gasteiger partial charge in [0.05, 0.1) is 6.54 Å². The summed E-state index contributed by atoms with van der Waals surface area (Å²) in [6.07, 6.45) is 0. The second-order valence-electron chi connectivity index (χ2n) is 2.70. The Balaban J connectivity index is 2.53. The summed E-state index contributed by atoms with van der Waals surface area (Å²) >= 11 is 0. The van der Waals surface area contributed by atoms with Crippen LogP contribution in [0.25, 0.3) is 0 Å². The number of sulfonamides is 1. The fraction of sp³-hybridized carbons (Fsp3) is 0.500. The predicted molar refractivity (Wildman–Crippen MR) is 47.3 cm³/mol. The van der Waals surface area contributed by atoms with Crippen LogP contribution >= 0.6 is 0 Å². The average molecular weight is 235 g/mol. The van der Waals surface area contributed by atoms with Gasteiger partial charge >= 0.3 is 5.97 Å². The van der Waals surface area contributed by atoms with Crippen molar-refractivity contribution >= 4 is 16.0 Å². The molecule has 1 aromatic heterocycles. The van der Waals surface area contributed by atoms with E-state index in [4.69, 9.17) is 5.11 Å². The predicted octanol–water partition coefficient (Wildman–Crippen LogP) is -1.12. The number of carboxylic acids is 1. The van der Waals surface area contributed by atoms with Gasteiger partial charge in [-0.1, -0.05) is 5.16 Å². The van der Waals surface area contributed by atoms with Gasteiger partial charge in [0.25, 0.3) is 0 Å². The van der Waals surface area contributed by atoms with Crippen LogP contribution < -0.4 is 4.72 Å². The Kier molecular flexibility index (Phi) is 3.37. The maximum Gasteiger partial charge on any atom is 0.320 e. The Morgan fingerprint density at radius 1 is 1.60 bits per heavy atom. The molecule has 9 heteroatoms. The highest BCUT2D eigenvalue weighted by molar-refractivity contribution is 7.90. The molecular weight excluding hydrogens is 226 g/mol. The first-order valence-electron chi connectivity index (χ1n) is 3.87. The monoisotopic (exact) mass is 235 g/mol. The molecule has 0 saturated heterocycles. The molecule has 1 rings (SSSR count). The molecule has 0 bridgehead atoms. The van der Waals surface area contributed by atoms with Crippen molar-refractivity contribution in [3.05, 3.63) is 11.7 Å². The summed E-state index contributed by atoms with van der Waals surface area (Å²) in [6.45, 7) is 1.37. The van der Waals surface area contributed by atoms with Crippen LogP contribution in [0.1, 0.15) is 11.7 Å². The molecule has 15 heavy (non-hydrogen) atoms. The molecule has 84 valence electrons. The zero-order valence-corrected chi connectivity index (χ0v) is 8.61. The zero-order chi connectivity index (χ0) is 11.5. The van der Waals surface area contributed by atoms with Gasteiger partial charge in [0.1, 0.15) is 0 Å². The first-order chi connectivity index (χ1) is 6.89. The summed E-state index contributed by atoms with van der Waals surface area (Å²) < 4.78 is 28.7. The van der Waals surface area contributed by atoms with Gasteiger partial charge in [-0.05, 0) is 0 Å². The normalized spacial score (nSPS) is 11.5. The molecule has 0 aliphatic carbocycles. The summed E-state index contributed by atoms with van der Waals surface area (Å²) in [5.74, 6) is -1.94. The number of carboxylic acid groups (broad SMARTS) is 1. The number of hydrogen-bond donors (Lipinski definition) is 2. The molecule has 0 aromatic carbocycles. The van der Waals surface area contributed by atoms with E-state index in [1.165, 1.54) is 0 Å². The standard InChI is InChI=1S/C6H9N3O5S/c1-4-8-5(9-14-4)2-7-15(12,13)3-6(10)11/h7H,2-3H2,1H3,(H,10,11). The van der Waals surface area contributed by atoms with Crippen LogP contribution in [-0.4, -0.2) is 35.4 Å². The van der Waals surface area contributed by atoms with Crippen molar-refractivity contribution in [1.82, 2.24) is 14.9 Å². The highest BCUT2D eigenvalue weighted by atomic mass is 32.2. The summed E-state index contributed by atoms with van der Waals surface area (Å²) in [7, 11) is -3.84. The minimum atomic E-state index is -3.84. The SMILES string of the molecule is Cc1nc(CNS(=O)(=O)CC(=O)O)no1. The van der Waals surface area contributed by atoms with Crippen LogP contribution in [0.4, 0.5) is 0 Å². The van der Waals surface area contributed by atoms with Gasteiger partial charge in [0, 0.05) is 6.92 Å². The third-order valence-electron chi connectivity index (χ3n) is 1.33. The van der Waals surface area contributed by atoms with E-state index in [2.05, 4.69) is 14.7 Å². The fourth-order valence-corrected chi connectivity index (χ4v) is 1.58. The van der Waals surface area contributed by atoms with Gasteiger partial charge < -0.3 is 9.63 Å². The lowest BCUT2D eigenvalue weighted by molar-refractivity contribution is -0.134. The maximum atomic E-state index is 11.0. The van der Waals surface area contributed by atoms with Gasteiger partial charge in [-0.2, -0.15) is 4.98 Å². The number of aryl methyl sites for hydroxylation is 1. The average Bonchev–Trinajstić information content (AvgIpc) is 2.46. The van der Waals surface area contributed by atoms with E-state index in [9.17, 15) is 13.2 Å². The summed E-state index contributed by atoms with van der Waals surface area (Å²) in [5.41, 5.74) is 0. The van der Waals surface area contributed by atoms with E-state index in [0.717, 1.165) is 0 Å². The third kappa shape index (κ3) is 4.04. The van der Waals surface area contributed by atoms with Gasteiger partial charge in [0.2, 0.25) is 15.9 Å².